The predicted molar refractivity (Wildman–Crippen MR) is 105 cm³/mol. The second-order valence-electron chi connectivity index (χ2n) is 5.92. The van der Waals surface area contributed by atoms with Crippen LogP contribution in [0.1, 0.15) is 23.2 Å². The first kappa shape index (κ1) is 17.6. The summed E-state index contributed by atoms with van der Waals surface area (Å²) in [5.41, 5.74) is 3.86. The molecule has 2 aromatic carbocycles. The zero-order valence-corrected chi connectivity index (χ0v) is 15.8. The Hall–Kier alpha value is -2.17. The molecule has 1 aromatic heterocycles. The molecule has 0 unspecified atom stereocenters. The molecule has 3 rings (SSSR count). The van der Waals surface area contributed by atoms with Gasteiger partial charge in [-0.05, 0) is 49.6 Å². The largest absolute Gasteiger partial charge is 0.274 e. The number of aryl methyl sites for hydroxylation is 3. The first-order chi connectivity index (χ1) is 12.0. The molecular formula is C20H19ClN2OS. The van der Waals surface area contributed by atoms with E-state index >= 15 is 0 Å². The monoisotopic (exact) mass is 370 g/mol. The van der Waals surface area contributed by atoms with Crippen LogP contribution < -0.4 is 4.90 Å². The molecule has 5 heteroatoms. The summed E-state index contributed by atoms with van der Waals surface area (Å²) in [4.78, 5) is 19.1. The molecule has 3 nitrogen and oxygen atoms in total. The third-order valence-corrected chi connectivity index (χ3v) is 5.28. The number of aromatic nitrogens is 1. The number of nitrogens with zero attached hydrogens (tertiary/aromatic N) is 2. The fraction of sp³-hybridized carbons (Fsp3) is 0.200. The molecule has 128 valence electrons. The molecule has 0 aliphatic carbocycles. The summed E-state index contributed by atoms with van der Waals surface area (Å²) in [6, 6.07) is 15.6. The van der Waals surface area contributed by atoms with Gasteiger partial charge in [0.15, 0.2) is 5.13 Å². The zero-order valence-electron chi connectivity index (χ0n) is 14.2. The Morgan fingerprint density at radius 1 is 1.16 bits per heavy atom. The van der Waals surface area contributed by atoms with E-state index in [1.807, 2.05) is 67.8 Å². The van der Waals surface area contributed by atoms with Crippen molar-refractivity contribution in [3.63, 3.8) is 0 Å². The van der Waals surface area contributed by atoms with Crippen LogP contribution in [0, 0.1) is 13.8 Å². The van der Waals surface area contributed by atoms with Gasteiger partial charge in [-0.15, -0.1) is 11.3 Å². The van der Waals surface area contributed by atoms with Gasteiger partial charge in [-0.2, -0.15) is 0 Å². The Labute approximate surface area is 156 Å². The van der Waals surface area contributed by atoms with Crippen LogP contribution in [-0.4, -0.2) is 10.9 Å². The van der Waals surface area contributed by atoms with Gasteiger partial charge in [0.05, 0.1) is 11.4 Å². The summed E-state index contributed by atoms with van der Waals surface area (Å²) in [5.74, 6) is 0.0252. The highest BCUT2D eigenvalue weighted by Gasteiger charge is 2.20. The Balaban J connectivity index is 1.81. The second-order valence-corrected chi connectivity index (χ2v) is 7.16. The van der Waals surface area contributed by atoms with Crippen LogP contribution in [0.4, 0.5) is 10.8 Å². The Morgan fingerprint density at radius 3 is 2.56 bits per heavy atom. The molecule has 0 saturated carbocycles. The van der Waals surface area contributed by atoms with Gasteiger partial charge in [-0.1, -0.05) is 41.9 Å². The zero-order chi connectivity index (χ0) is 17.8. The van der Waals surface area contributed by atoms with Crippen LogP contribution in [0.3, 0.4) is 0 Å². The van der Waals surface area contributed by atoms with Crippen molar-refractivity contribution >= 4 is 39.7 Å². The van der Waals surface area contributed by atoms with Crippen LogP contribution in [0.2, 0.25) is 5.02 Å². The van der Waals surface area contributed by atoms with Crippen molar-refractivity contribution in [2.75, 3.05) is 4.90 Å². The second kappa shape index (κ2) is 7.81. The molecule has 0 radical (unpaired) electrons. The lowest BCUT2D eigenvalue weighted by molar-refractivity contribution is -0.117. The molecule has 0 spiro atoms. The van der Waals surface area contributed by atoms with E-state index in [1.165, 1.54) is 11.3 Å². The lowest BCUT2D eigenvalue weighted by Crippen LogP contribution is -2.26. The molecule has 0 aliphatic rings. The third-order valence-electron chi connectivity index (χ3n) is 3.93. The summed E-state index contributed by atoms with van der Waals surface area (Å²) in [6.07, 6.45) is 1.04. The van der Waals surface area contributed by atoms with E-state index in [4.69, 9.17) is 11.6 Å². The Bertz CT molecular complexity index is 876. The van der Waals surface area contributed by atoms with Crippen molar-refractivity contribution in [3.05, 3.63) is 75.8 Å². The Kier molecular flexibility index (Phi) is 5.51. The van der Waals surface area contributed by atoms with E-state index in [9.17, 15) is 4.79 Å². The van der Waals surface area contributed by atoms with Crippen LogP contribution >= 0.6 is 22.9 Å². The molecule has 1 heterocycles. The standard InChI is InChI=1S/C20H19ClN2OS/c1-14-8-9-16(12-18(14)21)10-11-19(24)23(17-6-4-3-5-7-17)20-22-15(2)13-25-20/h3-9,12-13H,10-11H2,1-2H3. The molecule has 1 amide bonds. The maximum absolute atomic E-state index is 12.9. The lowest BCUT2D eigenvalue weighted by Gasteiger charge is -2.20. The molecule has 0 saturated heterocycles. The van der Waals surface area contributed by atoms with Crippen molar-refractivity contribution < 1.29 is 4.79 Å². The average molecular weight is 371 g/mol. The summed E-state index contributed by atoms with van der Waals surface area (Å²) in [5, 5.41) is 3.40. The van der Waals surface area contributed by atoms with Gasteiger partial charge >= 0.3 is 0 Å². The number of para-hydroxylation sites is 1. The number of rotatable bonds is 5. The number of thiazole rings is 1. The molecule has 25 heavy (non-hydrogen) atoms. The van der Waals surface area contributed by atoms with E-state index in [0.717, 1.165) is 27.5 Å². The highest BCUT2D eigenvalue weighted by atomic mass is 35.5. The molecule has 0 bridgehead atoms. The van der Waals surface area contributed by atoms with E-state index in [0.29, 0.717) is 18.0 Å². The van der Waals surface area contributed by atoms with E-state index in [1.54, 1.807) is 4.90 Å². The number of halogens is 1. The molecule has 3 aromatic rings. The van der Waals surface area contributed by atoms with Crippen LogP contribution in [0.15, 0.2) is 53.9 Å². The number of carbonyl (C=O) groups is 1. The normalized spacial score (nSPS) is 10.7. The van der Waals surface area contributed by atoms with Gasteiger partial charge in [-0.3, -0.25) is 9.69 Å². The third kappa shape index (κ3) is 4.27. The van der Waals surface area contributed by atoms with Gasteiger partial charge in [0.1, 0.15) is 0 Å². The van der Waals surface area contributed by atoms with E-state index in [-0.39, 0.29) is 5.91 Å². The van der Waals surface area contributed by atoms with Crippen molar-refractivity contribution in [1.29, 1.82) is 0 Å². The van der Waals surface area contributed by atoms with Crippen LogP contribution in [-0.2, 0) is 11.2 Å². The number of anilines is 2. The number of carbonyl (C=O) groups excluding carboxylic acids is 1. The summed E-state index contributed by atoms with van der Waals surface area (Å²) < 4.78 is 0. The van der Waals surface area contributed by atoms with Gasteiger partial charge in [-0.25, -0.2) is 4.98 Å². The smallest absolute Gasteiger partial charge is 0.233 e. The quantitative estimate of drug-likeness (QED) is 0.576. The van der Waals surface area contributed by atoms with Crippen LogP contribution in [0.5, 0.6) is 0 Å². The molecule has 0 aliphatic heterocycles. The SMILES string of the molecule is Cc1csc(N(C(=O)CCc2ccc(C)c(Cl)c2)c2ccccc2)n1. The van der Waals surface area contributed by atoms with Gasteiger partial charge < -0.3 is 0 Å². The van der Waals surface area contributed by atoms with Crippen molar-refractivity contribution in [1.82, 2.24) is 4.98 Å². The predicted octanol–water partition coefficient (Wildman–Crippen LogP) is 5.71. The highest BCUT2D eigenvalue weighted by molar-refractivity contribution is 7.14. The number of benzene rings is 2. The fourth-order valence-electron chi connectivity index (χ4n) is 2.54. The summed E-state index contributed by atoms with van der Waals surface area (Å²) in [6.45, 7) is 3.90. The van der Waals surface area contributed by atoms with Gasteiger partial charge in [0, 0.05) is 16.8 Å². The van der Waals surface area contributed by atoms with Gasteiger partial charge in [0.25, 0.3) is 0 Å². The molecule has 0 fully saturated rings. The fourth-order valence-corrected chi connectivity index (χ4v) is 3.58. The van der Waals surface area contributed by atoms with E-state index < -0.39 is 0 Å². The number of hydrogen-bond acceptors (Lipinski definition) is 3. The topological polar surface area (TPSA) is 33.2 Å². The Morgan fingerprint density at radius 2 is 1.92 bits per heavy atom. The minimum Gasteiger partial charge on any atom is -0.274 e. The minimum absolute atomic E-state index is 0.0252. The van der Waals surface area contributed by atoms with Crippen LogP contribution in [0.25, 0.3) is 0 Å². The van der Waals surface area contributed by atoms with Crippen molar-refractivity contribution in [2.45, 2.75) is 26.7 Å². The molecule has 0 N–H and O–H groups in total. The lowest BCUT2D eigenvalue weighted by atomic mass is 10.1. The van der Waals surface area contributed by atoms with Crippen molar-refractivity contribution in [2.24, 2.45) is 0 Å². The maximum Gasteiger partial charge on any atom is 0.233 e. The highest BCUT2D eigenvalue weighted by Crippen LogP contribution is 2.29. The maximum atomic E-state index is 12.9. The van der Waals surface area contributed by atoms with Crippen molar-refractivity contribution in [3.8, 4) is 0 Å². The summed E-state index contributed by atoms with van der Waals surface area (Å²) >= 11 is 7.66. The van der Waals surface area contributed by atoms with Gasteiger partial charge in [0.2, 0.25) is 5.91 Å². The van der Waals surface area contributed by atoms with E-state index in [2.05, 4.69) is 4.98 Å². The molecular weight excluding hydrogens is 352 g/mol. The number of hydrogen-bond donors (Lipinski definition) is 0. The summed E-state index contributed by atoms with van der Waals surface area (Å²) in [7, 11) is 0. The molecule has 0 atom stereocenters. The first-order valence-corrected chi connectivity index (χ1v) is 9.35. The average Bonchev–Trinajstić information content (AvgIpc) is 3.03. The number of amides is 1. The first-order valence-electron chi connectivity index (χ1n) is 8.10. The minimum atomic E-state index is 0.0252.